The Kier molecular flexibility index (Phi) is 4.66. The molecular weight excluding hydrogens is 298 g/mol. The molecule has 7 heteroatoms. The van der Waals surface area contributed by atoms with Crippen molar-refractivity contribution in [3.8, 4) is 6.07 Å². The molecule has 0 amide bonds. The maximum absolute atomic E-state index is 12.3. The number of nitrogens with zero attached hydrogens (tertiary/aromatic N) is 1. The predicted molar refractivity (Wildman–Crippen MR) is 76.7 cm³/mol. The molecule has 2 rings (SSSR count). The lowest BCUT2D eigenvalue weighted by Gasteiger charge is -2.19. The Morgan fingerprint density at radius 2 is 2.20 bits per heavy atom. The molecule has 108 valence electrons. The topological polar surface area (TPSA) is 96.0 Å². The number of nitriles is 1. The van der Waals surface area contributed by atoms with Gasteiger partial charge >= 0.3 is 0 Å². The first-order chi connectivity index (χ1) is 9.47. The van der Waals surface area contributed by atoms with Crippen molar-refractivity contribution < 1.29 is 8.42 Å². The van der Waals surface area contributed by atoms with Crippen LogP contribution in [0.15, 0.2) is 23.1 Å². The summed E-state index contributed by atoms with van der Waals surface area (Å²) in [5, 5.41) is 8.93. The minimum Gasteiger partial charge on any atom is -0.330 e. The second-order valence-electron chi connectivity index (χ2n) is 4.91. The van der Waals surface area contributed by atoms with E-state index in [2.05, 4.69) is 4.72 Å². The highest BCUT2D eigenvalue weighted by molar-refractivity contribution is 7.89. The standard InChI is InChI=1S/C13H16ClN3O2S/c14-12-6-11(5-4-9(12)7-15)20(18,19)17-13-3-1-2-10(13)8-16/h4-6,10,13,17H,1-3,8,16H2/t10-,13-/m1/s1. The first-order valence-electron chi connectivity index (χ1n) is 6.40. The number of nitrogens with one attached hydrogen (secondary N) is 1. The zero-order valence-electron chi connectivity index (χ0n) is 10.8. The zero-order chi connectivity index (χ0) is 14.8. The summed E-state index contributed by atoms with van der Waals surface area (Å²) in [6.07, 6.45) is 2.71. The molecule has 1 aromatic rings. The van der Waals surface area contributed by atoms with Gasteiger partial charge in [0.2, 0.25) is 10.0 Å². The normalized spacial score (nSPS) is 22.6. The summed E-state index contributed by atoms with van der Waals surface area (Å²) < 4.78 is 27.3. The van der Waals surface area contributed by atoms with Crippen LogP contribution in [0.25, 0.3) is 0 Å². The Bertz CT molecular complexity index is 640. The van der Waals surface area contributed by atoms with E-state index in [1.807, 2.05) is 6.07 Å². The van der Waals surface area contributed by atoms with Crippen LogP contribution >= 0.6 is 11.6 Å². The van der Waals surface area contributed by atoms with Crippen LogP contribution in [0.3, 0.4) is 0 Å². The summed E-state index contributed by atoms with van der Waals surface area (Å²) in [6, 6.07) is 5.87. The molecule has 1 aliphatic carbocycles. The monoisotopic (exact) mass is 313 g/mol. The fourth-order valence-electron chi connectivity index (χ4n) is 2.50. The first-order valence-corrected chi connectivity index (χ1v) is 8.26. The Hall–Kier alpha value is -1.13. The number of nitrogens with two attached hydrogens (primary N) is 1. The average molecular weight is 314 g/mol. The van der Waals surface area contributed by atoms with Gasteiger partial charge in [-0.25, -0.2) is 13.1 Å². The Morgan fingerprint density at radius 3 is 2.80 bits per heavy atom. The van der Waals surface area contributed by atoms with Crippen molar-refractivity contribution >= 4 is 21.6 Å². The highest BCUT2D eigenvalue weighted by Crippen LogP contribution is 2.27. The third-order valence-electron chi connectivity index (χ3n) is 3.64. The van der Waals surface area contributed by atoms with Gasteiger partial charge in [0.05, 0.1) is 15.5 Å². The van der Waals surface area contributed by atoms with E-state index in [0.29, 0.717) is 6.54 Å². The molecule has 0 saturated heterocycles. The van der Waals surface area contributed by atoms with E-state index >= 15 is 0 Å². The molecule has 1 aromatic carbocycles. The molecule has 0 aliphatic heterocycles. The van der Waals surface area contributed by atoms with Gasteiger partial charge in [0.1, 0.15) is 6.07 Å². The van der Waals surface area contributed by atoms with E-state index in [1.54, 1.807) is 0 Å². The molecule has 1 aliphatic rings. The molecule has 1 saturated carbocycles. The molecule has 0 unspecified atom stereocenters. The molecule has 0 spiro atoms. The fourth-order valence-corrected chi connectivity index (χ4v) is 4.15. The van der Waals surface area contributed by atoms with Crippen LogP contribution in [-0.2, 0) is 10.0 Å². The summed E-state index contributed by atoms with van der Waals surface area (Å²) in [5.74, 6) is 0.179. The van der Waals surface area contributed by atoms with Crippen molar-refractivity contribution in [1.82, 2.24) is 4.72 Å². The quantitative estimate of drug-likeness (QED) is 0.882. The Labute approximate surface area is 123 Å². The van der Waals surface area contributed by atoms with E-state index in [0.717, 1.165) is 19.3 Å². The van der Waals surface area contributed by atoms with Crippen LogP contribution in [0.1, 0.15) is 24.8 Å². The highest BCUT2D eigenvalue weighted by atomic mass is 35.5. The van der Waals surface area contributed by atoms with Gasteiger partial charge in [-0.15, -0.1) is 0 Å². The van der Waals surface area contributed by atoms with Crippen molar-refractivity contribution in [3.63, 3.8) is 0 Å². The van der Waals surface area contributed by atoms with Gasteiger partial charge in [0, 0.05) is 6.04 Å². The largest absolute Gasteiger partial charge is 0.330 e. The molecule has 0 bridgehead atoms. The van der Waals surface area contributed by atoms with Crippen LogP contribution in [0, 0.1) is 17.2 Å². The van der Waals surface area contributed by atoms with E-state index < -0.39 is 10.0 Å². The summed E-state index contributed by atoms with van der Waals surface area (Å²) >= 11 is 5.87. The van der Waals surface area contributed by atoms with Gasteiger partial charge < -0.3 is 5.73 Å². The van der Waals surface area contributed by atoms with Crippen LogP contribution < -0.4 is 10.5 Å². The number of rotatable bonds is 4. The van der Waals surface area contributed by atoms with Gasteiger partial charge in [0.15, 0.2) is 0 Å². The first kappa shape index (κ1) is 15.3. The third kappa shape index (κ3) is 3.13. The molecule has 2 atom stereocenters. The third-order valence-corrected chi connectivity index (χ3v) is 5.44. The summed E-state index contributed by atoms with van der Waals surface area (Å²) in [4.78, 5) is 0.0733. The lowest BCUT2D eigenvalue weighted by Crippen LogP contribution is -2.39. The zero-order valence-corrected chi connectivity index (χ0v) is 12.4. The second kappa shape index (κ2) is 6.10. The van der Waals surface area contributed by atoms with E-state index in [4.69, 9.17) is 22.6 Å². The van der Waals surface area contributed by atoms with Gasteiger partial charge in [-0.1, -0.05) is 18.0 Å². The van der Waals surface area contributed by atoms with Gasteiger partial charge in [-0.3, -0.25) is 0 Å². The van der Waals surface area contributed by atoms with Crippen molar-refractivity contribution in [2.24, 2.45) is 11.7 Å². The number of hydrogen-bond acceptors (Lipinski definition) is 4. The number of halogens is 1. The molecule has 1 fully saturated rings. The second-order valence-corrected chi connectivity index (χ2v) is 7.03. The minimum atomic E-state index is -3.63. The summed E-state index contributed by atoms with van der Waals surface area (Å²) in [6.45, 7) is 0.474. The smallest absolute Gasteiger partial charge is 0.240 e. The van der Waals surface area contributed by atoms with E-state index in [9.17, 15) is 8.42 Å². The van der Waals surface area contributed by atoms with Crippen LogP contribution in [0.5, 0.6) is 0 Å². The fraction of sp³-hybridized carbons (Fsp3) is 0.462. The van der Waals surface area contributed by atoms with E-state index in [-0.39, 0.29) is 27.4 Å². The van der Waals surface area contributed by atoms with Gasteiger partial charge in [-0.05, 0) is 43.5 Å². The van der Waals surface area contributed by atoms with E-state index in [1.165, 1.54) is 18.2 Å². The molecule has 20 heavy (non-hydrogen) atoms. The van der Waals surface area contributed by atoms with Crippen LogP contribution in [-0.4, -0.2) is 21.0 Å². The maximum atomic E-state index is 12.3. The predicted octanol–water partition coefficient (Wildman–Crippen LogP) is 1.62. The molecule has 3 N–H and O–H groups in total. The van der Waals surface area contributed by atoms with Gasteiger partial charge in [-0.2, -0.15) is 5.26 Å². The Morgan fingerprint density at radius 1 is 1.45 bits per heavy atom. The van der Waals surface area contributed by atoms with Crippen molar-refractivity contribution in [2.75, 3.05) is 6.54 Å². The Balaban J connectivity index is 2.23. The summed E-state index contributed by atoms with van der Waals surface area (Å²) in [7, 11) is -3.63. The van der Waals surface area contributed by atoms with Gasteiger partial charge in [0.25, 0.3) is 0 Å². The van der Waals surface area contributed by atoms with Crippen LogP contribution in [0.4, 0.5) is 0 Å². The van der Waals surface area contributed by atoms with Crippen molar-refractivity contribution in [3.05, 3.63) is 28.8 Å². The molecule has 0 aromatic heterocycles. The minimum absolute atomic E-state index is 0.0733. The maximum Gasteiger partial charge on any atom is 0.240 e. The number of benzene rings is 1. The molecule has 5 nitrogen and oxygen atoms in total. The number of sulfonamides is 1. The lowest BCUT2D eigenvalue weighted by molar-refractivity contribution is 0.453. The van der Waals surface area contributed by atoms with Crippen LogP contribution in [0.2, 0.25) is 5.02 Å². The average Bonchev–Trinajstić information content (AvgIpc) is 2.85. The number of hydrogen-bond donors (Lipinski definition) is 2. The summed E-state index contributed by atoms with van der Waals surface area (Å²) in [5.41, 5.74) is 5.91. The molecule has 0 heterocycles. The van der Waals surface area contributed by atoms with Crippen molar-refractivity contribution in [2.45, 2.75) is 30.2 Å². The van der Waals surface area contributed by atoms with Crippen molar-refractivity contribution in [1.29, 1.82) is 5.26 Å². The SMILES string of the molecule is N#Cc1ccc(S(=O)(=O)N[C@@H]2CCC[C@@H]2CN)cc1Cl. The highest BCUT2D eigenvalue weighted by Gasteiger charge is 2.30. The lowest BCUT2D eigenvalue weighted by atomic mass is 10.1. The molecule has 0 radical (unpaired) electrons. The molecular formula is C13H16ClN3O2S.